The van der Waals surface area contributed by atoms with E-state index in [4.69, 9.17) is 10.3 Å². The highest BCUT2D eigenvalue weighted by Crippen LogP contribution is 2.38. The number of nitrogens with two attached hydrogens (primary N) is 1. The van der Waals surface area contributed by atoms with Crippen molar-refractivity contribution in [3.63, 3.8) is 0 Å². The second-order valence-electron chi connectivity index (χ2n) is 4.48. The quantitative estimate of drug-likeness (QED) is 0.822. The number of benzene rings is 1. The molecule has 0 atom stereocenters. The smallest absolute Gasteiger partial charge is 0.247 e. The summed E-state index contributed by atoms with van der Waals surface area (Å²) in [5, 5.41) is 13.3. The predicted molar refractivity (Wildman–Crippen MR) is 61.1 cm³/mol. The fourth-order valence-electron chi connectivity index (χ4n) is 1.96. The highest BCUT2D eigenvalue weighted by molar-refractivity contribution is 5.56. The van der Waals surface area contributed by atoms with Crippen molar-refractivity contribution in [3.05, 3.63) is 30.2 Å². The minimum atomic E-state index is -0.442. The van der Waals surface area contributed by atoms with Gasteiger partial charge in [-0.2, -0.15) is 4.98 Å². The van der Waals surface area contributed by atoms with Gasteiger partial charge in [0, 0.05) is 5.56 Å². The van der Waals surface area contributed by atoms with Crippen molar-refractivity contribution < 1.29 is 9.63 Å². The van der Waals surface area contributed by atoms with Crippen LogP contribution in [0.3, 0.4) is 0 Å². The van der Waals surface area contributed by atoms with E-state index in [0.29, 0.717) is 11.7 Å². The highest BCUT2D eigenvalue weighted by Gasteiger charge is 2.39. The van der Waals surface area contributed by atoms with Crippen molar-refractivity contribution in [2.75, 3.05) is 0 Å². The number of aromatic nitrogens is 2. The third kappa shape index (κ3) is 1.68. The van der Waals surface area contributed by atoms with Crippen LogP contribution in [-0.4, -0.2) is 15.2 Å². The summed E-state index contributed by atoms with van der Waals surface area (Å²) in [7, 11) is 0. The van der Waals surface area contributed by atoms with E-state index >= 15 is 0 Å². The monoisotopic (exact) mass is 231 g/mol. The number of hydrogen-bond donors (Lipinski definition) is 2. The largest absolute Gasteiger partial charge is 0.508 e. The molecule has 0 bridgehead atoms. The Morgan fingerprint density at radius 2 is 2.18 bits per heavy atom. The Labute approximate surface area is 98.3 Å². The van der Waals surface area contributed by atoms with Crippen molar-refractivity contribution in [1.29, 1.82) is 0 Å². The maximum Gasteiger partial charge on any atom is 0.247 e. The normalized spacial score (nSPS) is 17.7. The van der Waals surface area contributed by atoms with Crippen LogP contribution in [0.1, 0.15) is 25.2 Å². The van der Waals surface area contributed by atoms with E-state index in [-0.39, 0.29) is 5.75 Å². The summed E-state index contributed by atoms with van der Waals surface area (Å²) >= 11 is 0. The van der Waals surface area contributed by atoms with Crippen molar-refractivity contribution in [3.8, 4) is 17.1 Å². The molecule has 88 valence electrons. The summed E-state index contributed by atoms with van der Waals surface area (Å²) in [5.74, 6) is 1.13. The van der Waals surface area contributed by atoms with Gasteiger partial charge in [-0.05, 0) is 31.4 Å². The Kier molecular flexibility index (Phi) is 2.16. The molecule has 1 fully saturated rings. The van der Waals surface area contributed by atoms with Crippen LogP contribution in [0.2, 0.25) is 0 Å². The molecule has 0 radical (unpaired) electrons. The zero-order valence-corrected chi connectivity index (χ0v) is 9.26. The lowest BCUT2D eigenvalue weighted by Gasteiger charge is -2.33. The summed E-state index contributed by atoms with van der Waals surface area (Å²) in [6, 6.07) is 6.75. The summed E-state index contributed by atoms with van der Waals surface area (Å²) in [4.78, 5) is 4.30. The number of aromatic hydroxyl groups is 1. The van der Waals surface area contributed by atoms with Gasteiger partial charge >= 0.3 is 0 Å². The number of phenolic OH excluding ortho intramolecular Hbond substituents is 1. The molecule has 0 saturated heterocycles. The van der Waals surface area contributed by atoms with Gasteiger partial charge in [-0.15, -0.1) is 0 Å². The van der Waals surface area contributed by atoms with Crippen molar-refractivity contribution in [2.45, 2.75) is 24.8 Å². The Bertz CT molecular complexity index is 546. The third-order valence-electron chi connectivity index (χ3n) is 3.20. The van der Waals surface area contributed by atoms with E-state index in [0.717, 1.165) is 24.8 Å². The van der Waals surface area contributed by atoms with E-state index in [1.165, 1.54) is 0 Å². The molecule has 1 saturated carbocycles. The molecule has 0 unspecified atom stereocenters. The first-order valence-corrected chi connectivity index (χ1v) is 5.60. The molecule has 1 aromatic heterocycles. The molecular formula is C12H13N3O2. The van der Waals surface area contributed by atoms with Gasteiger partial charge in [0.25, 0.3) is 0 Å². The minimum absolute atomic E-state index is 0.181. The zero-order chi connectivity index (χ0) is 11.9. The summed E-state index contributed by atoms with van der Waals surface area (Å²) in [6.07, 6.45) is 2.86. The van der Waals surface area contributed by atoms with Gasteiger partial charge in [0.2, 0.25) is 11.7 Å². The molecule has 3 rings (SSSR count). The molecule has 5 heteroatoms. The molecular weight excluding hydrogens is 218 g/mol. The summed E-state index contributed by atoms with van der Waals surface area (Å²) in [5.41, 5.74) is 6.38. The van der Waals surface area contributed by atoms with Crippen LogP contribution < -0.4 is 5.73 Å². The molecule has 1 aromatic carbocycles. The van der Waals surface area contributed by atoms with E-state index in [1.807, 2.05) is 6.07 Å². The fraction of sp³-hybridized carbons (Fsp3) is 0.333. The molecule has 0 spiro atoms. The lowest BCUT2D eigenvalue weighted by atomic mass is 9.78. The number of nitrogens with zero attached hydrogens (tertiary/aromatic N) is 2. The van der Waals surface area contributed by atoms with Crippen LogP contribution in [-0.2, 0) is 5.54 Å². The molecule has 17 heavy (non-hydrogen) atoms. The SMILES string of the molecule is NC1(c2nc(-c3cccc(O)c3)no2)CCC1. The molecule has 3 N–H and O–H groups in total. The zero-order valence-electron chi connectivity index (χ0n) is 9.26. The van der Waals surface area contributed by atoms with Crippen molar-refractivity contribution in [2.24, 2.45) is 5.73 Å². The molecule has 5 nitrogen and oxygen atoms in total. The van der Waals surface area contributed by atoms with Gasteiger partial charge in [-0.1, -0.05) is 17.3 Å². The fourth-order valence-corrected chi connectivity index (χ4v) is 1.96. The van der Waals surface area contributed by atoms with Crippen LogP contribution in [0.5, 0.6) is 5.75 Å². The predicted octanol–water partition coefficient (Wildman–Crippen LogP) is 1.78. The van der Waals surface area contributed by atoms with Crippen LogP contribution in [0, 0.1) is 0 Å². The lowest BCUT2D eigenvalue weighted by molar-refractivity contribution is 0.181. The number of hydrogen-bond acceptors (Lipinski definition) is 5. The molecule has 0 amide bonds. The van der Waals surface area contributed by atoms with Gasteiger partial charge in [0.05, 0.1) is 5.54 Å². The molecule has 1 aliphatic carbocycles. The Morgan fingerprint density at radius 1 is 1.35 bits per heavy atom. The van der Waals surface area contributed by atoms with E-state index in [9.17, 15) is 5.11 Å². The summed E-state index contributed by atoms with van der Waals surface area (Å²) in [6.45, 7) is 0. The van der Waals surface area contributed by atoms with E-state index < -0.39 is 5.54 Å². The topological polar surface area (TPSA) is 85.2 Å². The molecule has 2 aromatic rings. The van der Waals surface area contributed by atoms with Gasteiger partial charge < -0.3 is 15.4 Å². The second-order valence-corrected chi connectivity index (χ2v) is 4.48. The van der Waals surface area contributed by atoms with Crippen molar-refractivity contribution >= 4 is 0 Å². The Morgan fingerprint density at radius 3 is 2.82 bits per heavy atom. The standard InChI is InChI=1S/C12H13N3O2/c13-12(5-2-6-12)11-14-10(15-17-11)8-3-1-4-9(16)7-8/h1,3-4,7,16H,2,5-6,13H2. The first-order valence-electron chi connectivity index (χ1n) is 5.60. The Balaban J connectivity index is 1.95. The average molecular weight is 231 g/mol. The van der Waals surface area contributed by atoms with Gasteiger partial charge in [0.15, 0.2) is 0 Å². The first-order chi connectivity index (χ1) is 8.17. The van der Waals surface area contributed by atoms with Crippen LogP contribution in [0.15, 0.2) is 28.8 Å². The Hall–Kier alpha value is -1.88. The van der Waals surface area contributed by atoms with E-state index in [1.54, 1.807) is 18.2 Å². The minimum Gasteiger partial charge on any atom is -0.508 e. The summed E-state index contributed by atoms with van der Waals surface area (Å²) < 4.78 is 5.20. The number of phenols is 1. The average Bonchev–Trinajstić information content (AvgIpc) is 2.75. The van der Waals surface area contributed by atoms with Gasteiger partial charge in [-0.25, -0.2) is 0 Å². The van der Waals surface area contributed by atoms with Crippen LogP contribution >= 0.6 is 0 Å². The lowest BCUT2D eigenvalue weighted by Crippen LogP contribution is -2.43. The van der Waals surface area contributed by atoms with Crippen LogP contribution in [0.25, 0.3) is 11.4 Å². The molecule has 1 aliphatic rings. The highest BCUT2D eigenvalue weighted by atomic mass is 16.5. The van der Waals surface area contributed by atoms with Gasteiger partial charge in [-0.3, -0.25) is 0 Å². The maximum atomic E-state index is 9.39. The van der Waals surface area contributed by atoms with Crippen LogP contribution in [0.4, 0.5) is 0 Å². The second kappa shape index (κ2) is 3.56. The number of rotatable bonds is 2. The van der Waals surface area contributed by atoms with Gasteiger partial charge in [0.1, 0.15) is 5.75 Å². The van der Waals surface area contributed by atoms with Crippen molar-refractivity contribution in [1.82, 2.24) is 10.1 Å². The first kappa shape index (κ1) is 10.3. The maximum absolute atomic E-state index is 9.39. The van der Waals surface area contributed by atoms with E-state index in [2.05, 4.69) is 10.1 Å². The molecule has 1 heterocycles. The third-order valence-corrected chi connectivity index (χ3v) is 3.20. The molecule has 0 aliphatic heterocycles.